The maximum absolute atomic E-state index is 7.32. The van der Waals surface area contributed by atoms with Crippen molar-refractivity contribution in [1.82, 2.24) is 0 Å². The van der Waals surface area contributed by atoms with Gasteiger partial charge in [0.2, 0.25) is 0 Å². The zero-order valence-electron chi connectivity index (χ0n) is 20.0. The summed E-state index contributed by atoms with van der Waals surface area (Å²) in [5.41, 5.74) is 0. The lowest BCUT2D eigenvalue weighted by Crippen LogP contribution is -2.51. The highest BCUT2D eigenvalue weighted by atomic mass is 35.7. The first-order valence-corrected chi connectivity index (χ1v) is 20.1. The molecule has 2 rings (SSSR count). The molecule has 7 heteroatoms. The van der Waals surface area contributed by atoms with Crippen LogP contribution >= 0.6 is 44.3 Å². The number of hydrogen-bond acceptors (Lipinski definition) is 0. The van der Waals surface area contributed by atoms with Crippen molar-refractivity contribution in [3.63, 3.8) is 0 Å². The summed E-state index contributed by atoms with van der Waals surface area (Å²) >= 11 is 29.3. The molecule has 0 atom stereocenters. The van der Waals surface area contributed by atoms with Gasteiger partial charge in [-0.1, -0.05) is 136 Å². The van der Waals surface area contributed by atoms with Crippen LogP contribution in [0.5, 0.6) is 0 Å². The van der Waals surface area contributed by atoms with E-state index in [-0.39, 0.29) is 6.71 Å². The SMILES string of the molecule is CCCC/C=C(/B(CC)/C(=C/CCCC)[Si](Cl)(Cl)c1ccccc1)[Si](Cl)(Cl)c1ccccc1. The van der Waals surface area contributed by atoms with Crippen LogP contribution in [0.15, 0.2) is 83.0 Å². The van der Waals surface area contributed by atoms with Crippen LogP contribution < -0.4 is 10.4 Å². The van der Waals surface area contributed by atoms with Gasteiger partial charge in [-0.15, -0.1) is 44.3 Å². The fourth-order valence-corrected chi connectivity index (χ4v) is 12.6. The van der Waals surface area contributed by atoms with E-state index in [1.807, 2.05) is 36.4 Å². The lowest BCUT2D eigenvalue weighted by Gasteiger charge is -2.32. The first kappa shape index (κ1) is 28.8. The molecule has 0 aliphatic rings. The molecule has 0 nitrogen and oxygen atoms in total. The number of allylic oxidation sites excluding steroid dienone is 2. The molecule has 0 heterocycles. The average molecular weight is 556 g/mol. The Labute approximate surface area is 222 Å². The molecule has 0 aromatic heterocycles. The number of hydrogen-bond donors (Lipinski definition) is 0. The molecule has 0 aliphatic heterocycles. The number of halogens is 4. The van der Waals surface area contributed by atoms with Gasteiger partial charge in [0.1, 0.15) is 0 Å². The van der Waals surface area contributed by atoms with Crippen LogP contribution in [-0.4, -0.2) is 20.1 Å². The second-order valence-corrected chi connectivity index (χ2v) is 21.0. The van der Waals surface area contributed by atoms with Crippen LogP contribution in [0.2, 0.25) is 6.32 Å². The predicted octanol–water partition coefficient (Wildman–Crippen LogP) is 8.55. The highest BCUT2D eigenvalue weighted by molar-refractivity contribution is 7.60. The molecule has 0 radical (unpaired) electrons. The number of unbranched alkanes of at least 4 members (excludes halogenated alkanes) is 4. The Morgan fingerprint density at radius 3 is 1.33 bits per heavy atom. The molecule has 33 heavy (non-hydrogen) atoms. The number of benzene rings is 2. The van der Waals surface area contributed by atoms with Crippen LogP contribution in [0.4, 0.5) is 0 Å². The Hall–Kier alpha value is -0.421. The Morgan fingerprint density at radius 2 is 1.03 bits per heavy atom. The summed E-state index contributed by atoms with van der Waals surface area (Å²) in [6.45, 7) is 0.703. The lowest BCUT2D eigenvalue weighted by atomic mass is 9.46. The molecule has 0 N–H and O–H groups in total. The van der Waals surface area contributed by atoms with Crippen LogP contribution in [0.25, 0.3) is 0 Å². The first-order valence-electron chi connectivity index (χ1n) is 12.1. The van der Waals surface area contributed by atoms with Crippen molar-refractivity contribution in [3.8, 4) is 0 Å². The summed E-state index contributed by atoms with van der Waals surface area (Å²) in [6.07, 6.45) is 11.8. The number of rotatable bonds is 13. The van der Waals surface area contributed by atoms with Crippen molar-refractivity contribution >= 4 is 74.8 Å². The Morgan fingerprint density at radius 1 is 0.667 bits per heavy atom. The highest BCUT2D eigenvalue weighted by Gasteiger charge is 2.47. The van der Waals surface area contributed by atoms with Crippen molar-refractivity contribution in [2.45, 2.75) is 65.6 Å². The van der Waals surface area contributed by atoms with E-state index in [9.17, 15) is 0 Å². The fraction of sp³-hybridized carbons (Fsp3) is 0.385. The van der Waals surface area contributed by atoms with Crippen molar-refractivity contribution in [2.24, 2.45) is 0 Å². The lowest BCUT2D eigenvalue weighted by molar-refractivity contribution is 0.813. The molecule has 0 spiro atoms. The van der Waals surface area contributed by atoms with Crippen molar-refractivity contribution in [1.29, 1.82) is 0 Å². The van der Waals surface area contributed by atoms with Gasteiger partial charge < -0.3 is 0 Å². The van der Waals surface area contributed by atoms with Gasteiger partial charge in [0, 0.05) is 0 Å². The second-order valence-electron chi connectivity index (χ2n) is 8.45. The Kier molecular flexibility index (Phi) is 12.4. The molecule has 0 amide bonds. The highest BCUT2D eigenvalue weighted by Crippen LogP contribution is 2.37. The second kappa shape index (κ2) is 14.2. The topological polar surface area (TPSA) is 0 Å². The van der Waals surface area contributed by atoms with E-state index in [0.717, 1.165) is 65.4 Å². The van der Waals surface area contributed by atoms with E-state index >= 15 is 0 Å². The smallest absolute Gasteiger partial charge is 0.135 e. The standard InChI is InChI=1S/C26H35BCl4Si2/c1-4-7-11-21-25(32(28,29)23-17-13-9-14-18-23)27(6-3)26(22-12-8-5-2)33(30,31)24-19-15-10-16-20-24/h9-10,13-22H,4-8,11-12H2,1-3H3/b25-21-,26-22-. The maximum atomic E-state index is 7.32. The van der Waals surface area contributed by atoms with E-state index in [1.165, 1.54) is 0 Å². The first-order chi connectivity index (χ1) is 15.8. The largest absolute Gasteiger partial charge is 0.298 e. The zero-order chi connectivity index (χ0) is 24.3. The average Bonchev–Trinajstić information content (AvgIpc) is 2.83. The molecule has 0 aliphatic carbocycles. The molecule has 0 saturated carbocycles. The van der Waals surface area contributed by atoms with Crippen molar-refractivity contribution in [3.05, 3.63) is 83.0 Å². The van der Waals surface area contributed by atoms with Crippen LogP contribution in [0, 0.1) is 0 Å². The molecular formula is C26H35BCl4Si2. The van der Waals surface area contributed by atoms with Gasteiger partial charge in [0.05, 0.1) is 0 Å². The summed E-state index contributed by atoms with van der Waals surface area (Å²) in [5.74, 6) is 0. The third-order valence-electron chi connectivity index (χ3n) is 6.00. The van der Waals surface area contributed by atoms with Gasteiger partial charge in [0.15, 0.2) is 6.71 Å². The molecule has 2 aromatic carbocycles. The minimum atomic E-state index is -2.96. The van der Waals surface area contributed by atoms with E-state index in [2.05, 4.69) is 57.2 Å². The van der Waals surface area contributed by atoms with Crippen molar-refractivity contribution < 1.29 is 0 Å². The van der Waals surface area contributed by atoms with Crippen LogP contribution in [-0.2, 0) is 0 Å². The molecule has 0 fully saturated rings. The van der Waals surface area contributed by atoms with Crippen LogP contribution in [0.3, 0.4) is 0 Å². The summed E-state index contributed by atoms with van der Waals surface area (Å²) < 4.78 is 0. The summed E-state index contributed by atoms with van der Waals surface area (Å²) in [5, 5.41) is 4.28. The Bertz CT molecular complexity index is 826. The molecule has 0 bridgehead atoms. The molecule has 0 saturated heterocycles. The normalized spacial score (nSPS) is 13.3. The van der Waals surface area contributed by atoms with Crippen LogP contribution in [0.1, 0.15) is 59.3 Å². The van der Waals surface area contributed by atoms with Crippen molar-refractivity contribution in [2.75, 3.05) is 0 Å². The summed E-state index contributed by atoms with van der Waals surface area (Å²) in [7, 11) is 0. The van der Waals surface area contributed by atoms with Gasteiger partial charge >= 0.3 is 0 Å². The fourth-order valence-electron chi connectivity index (χ4n) is 4.14. The zero-order valence-corrected chi connectivity index (χ0v) is 25.0. The van der Waals surface area contributed by atoms with Gasteiger partial charge in [-0.05, 0) is 23.2 Å². The van der Waals surface area contributed by atoms with E-state index in [0.29, 0.717) is 0 Å². The maximum Gasteiger partial charge on any atom is 0.298 e. The third kappa shape index (κ3) is 7.78. The Balaban J connectivity index is 2.65. The van der Waals surface area contributed by atoms with Gasteiger partial charge in [-0.2, -0.15) is 0 Å². The van der Waals surface area contributed by atoms with E-state index < -0.39 is 13.4 Å². The molecule has 2 aromatic rings. The molecule has 0 unspecified atom stereocenters. The monoisotopic (exact) mass is 554 g/mol. The molecule has 178 valence electrons. The minimum Gasteiger partial charge on any atom is -0.135 e. The summed E-state index contributed by atoms with van der Waals surface area (Å²) in [6, 6.07) is 20.3. The van der Waals surface area contributed by atoms with E-state index in [1.54, 1.807) is 0 Å². The predicted molar refractivity (Wildman–Crippen MR) is 159 cm³/mol. The minimum absolute atomic E-state index is 0.0301. The quantitative estimate of drug-likeness (QED) is 0.132. The third-order valence-corrected chi connectivity index (χ3v) is 15.9. The van der Waals surface area contributed by atoms with E-state index in [4.69, 9.17) is 44.3 Å². The summed E-state index contributed by atoms with van der Waals surface area (Å²) in [4.78, 5) is 0. The van der Waals surface area contributed by atoms with Gasteiger partial charge in [-0.25, -0.2) is 0 Å². The van der Waals surface area contributed by atoms with Gasteiger partial charge in [-0.3, -0.25) is 0 Å². The van der Waals surface area contributed by atoms with Gasteiger partial charge in [0.25, 0.3) is 13.4 Å². The molecular weight excluding hydrogens is 521 g/mol.